The van der Waals surface area contributed by atoms with Gasteiger partial charge in [0.05, 0.1) is 5.02 Å². The Morgan fingerprint density at radius 1 is 1.21 bits per heavy atom. The van der Waals surface area contributed by atoms with Gasteiger partial charge in [0.25, 0.3) is 0 Å². The Bertz CT molecular complexity index is 560. The number of halogens is 2. The summed E-state index contributed by atoms with van der Waals surface area (Å²) in [4.78, 5) is 1.80. The highest BCUT2D eigenvalue weighted by Crippen LogP contribution is 2.33. The Labute approximate surface area is 122 Å². The van der Waals surface area contributed by atoms with Gasteiger partial charge in [-0.05, 0) is 42.4 Å². The topological polar surface area (TPSA) is 12.0 Å². The molecule has 0 saturated carbocycles. The molecule has 0 fully saturated rings. The van der Waals surface area contributed by atoms with Crippen molar-refractivity contribution in [3.63, 3.8) is 0 Å². The second-order valence-corrected chi connectivity index (χ2v) is 5.63. The number of nitrogens with one attached hydrogen (secondary N) is 1. The second-order valence-electron chi connectivity index (χ2n) is 4.11. The van der Waals surface area contributed by atoms with Gasteiger partial charge < -0.3 is 5.32 Å². The summed E-state index contributed by atoms with van der Waals surface area (Å²) >= 11 is 7.59. The average molecular weight is 296 g/mol. The van der Waals surface area contributed by atoms with E-state index in [0.29, 0.717) is 11.6 Å². The van der Waals surface area contributed by atoms with Crippen LogP contribution in [0.25, 0.3) is 0 Å². The molecule has 0 aromatic heterocycles. The minimum Gasteiger partial charge on any atom is -0.313 e. The molecule has 0 unspecified atom stereocenters. The molecule has 0 spiro atoms. The smallest absolute Gasteiger partial charge is 0.124 e. The van der Waals surface area contributed by atoms with Gasteiger partial charge in [-0.25, -0.2) is 4.39 Å². The Kier molecular flexibility index (Phi) is 5.25. The molecule has 1 nitrogen and oxygen atoms in total. The highest BCUT2D eigenvalue weighted by molar-refractivity contribution is 7.99. The highest BCUT2D eigenvalue weighted by Gasteiger charge is 2.05. The third kappa shape index (κ3) is 4.23. The first kappa shape index (κ1) is 14.4. The molecule has 4 heteroatoms. The van der Waals surface area contributed by atoms with E-state index in [1.807, 2.05) is 37.3 Å². The van der Waals surface area contributed by atoms with E-state index in [4.69, 9.17) is 11.6 Å². The monoisotopic (exact) mass is 295 g/mol. The van der Waals surface area contributed by atoms with Gasteiger partial charge in [0.15, 0.2) is 0 Å². The molecule has 1 N–H and O–H groups in total. The normalized spacial score (nSPS) is 10.7. The lowest BCUT2D eigenvalue weighted by atomic mass is 10.2. The predicted molar refractivity (Wildman–Crippen MR) is 79.4 cm³/mol. The summed E-state index contributed by atoms with van der Waals surface area (Å²) in [6.45, 7) is 3.56. The van der Waals surface area contributed by atoms with Crippen LogP contribution in [0.3, 0.4) is 0 Å². The van der Waals surface area contributed by atoms with Gasteiger partial charge in [-0.15, -0.1) is 0 Å². The number of rotatable bonds is 5. The van der Waals surface area contributed by atoms with E-state index in [1.165, 1.54) is 17.8 Å². The van der Waals surface area contributed by atoms with Crippen molar-refractivity contribution in [2.24, 2.45) is 0 Å². The van der Waals surface area contributed by atoms with Crippen molar-refractivity contribution >= 4 is 23.4 Å². The molecule has 2 rings (SSSR count). The minimum absolute atomic E-state index is 0.218. The first-order valence-corrected chi connectivity index (χ1v) is 7.31. The van der Waals surface area contributed by atoms with Crippen molar-refractivity contribution in [3.05, 3.63) is 58.9 Å². The lowest BCUT2D eigenvalue weighted by Crippen LogP contribution is -2.11. The van der Waals surface area contributed by atoms with Crippen LogP contribution in [0.1, 0.15) is 12.5 Å². The van der Waals surface area contributed by atoms with Gasteiger partial charge in [0.1, 0.15) is 5.82 Å². The lowest BCUT2D eigenvalue weighted by Gasteiger charge is -2.07. The summed E-state index contributed by atoms with van der Waals surface area (Å²) in [5, 5.41) is 3.88. The van der Waals surface area contributed by atoms with Crippen molar-refractivity contribution in [2.75, 3.05) is 6.54 Å². The van der Waals surface area contributed by atoms with E-state index in [0.717, 1.165) is 21.9 Å². The summed E-state index contributed by atoms with van der Waals surface area (Å²) < 4.78 is 13.6. The van der Waals surface area contributed by atoms with Crippen LogP contribution < -0.4 is 5.32 Å². The Morgan fingerprint density at radius 3 is 2.74 bits per heavy atom. The molecule has 0 amide bonds. The van der Waals surface area contributed by atoms with Crippen LogP contribution in [-0.2, 0) is 6.54 Å². The molecule has 0 saturated heterocycles. The van der Waals surface area contributed by atoms with Crippen LogP contribution in [0.4, 0.5) is 4.39 Å². The third-order valence-electron chi connectivity index (χ3n) is 2.57. The summed E-state index contributed by atoms with van der Waals surface area (Å²) in [5.41, 5.74) is 0.941. The maximum atomic E-state index is 13.6. The molecule has 2 aromatic carbocycles. The maximum absolute atomic E-state index is 13.6. The van der Waals surface area contributed by atoms with Gasteiger partial charge in [-0.1, -0.05) is 42.4 Å². The van der Waals surface area contributed by atoms with E-state index >= 15 is 0 Å². The van der Waals surface area contributed by atoms with Crippen molar-refractivity contribution in [1.82, 2.24) is 5.32 Å². The maximum Gasteiger partial charge on any atom is 0.124 e. The van der Waals surface area contributed by atoms with Gasteiger partial charge in [-0.3, -0.25) is 0 Å². The zero-order chi connectivity index (χ0) is 13.7. The molecule has 0 heterocycles. The van der Waals surface area contributed by atoms with Crippen molar-refractivity contribution < 1.29 is 4.39 Å². The van der Waals surface area contributed by atoms with E-state index in [9.17, 15) is 4.39 Å². The zero-order valence-electron chi connectivity index (χ0n) is 10.6. The molecule has 0 bridgehead atoms. The van der Waals surface area contributed by atoms with Crippen molar-refractivity contribution in [1.29, 1.82) is 0 Å². The van der Waals surface area contributed by atoms with E-state index in [-0.39, 0.29) is 5.82 Å². The molecule has 100 valence electrons. The average Bonchev–Trinajstić information content (AvgIpc) is 2.38. The van der Waals surface area contributed by atoms with Gasteiger partial charge in [-0.2, -0.15) is 0 Å². The summed E-state index contributed by atoms with van der Waals surface area (Å²) in [5.74, 6) is -0.218. The SMILES string of the molecule is CCNCc1cc(F)cc(Sc2ccccc2Cl)c1. The molecular formula is C15H15ClFNS. The molecule has 0 aliphatic carbocycles. The predicted octanol–water partition coefficient (Wildman–Crippen LogP) is 4.74. The highest BCUT2D eigenvalue weighted by atomic mass is 35.5. The number of benzene rings is 2. The van der Waals surface area contributed by atoms with E-state index < -0.39 is 0 Å². The van der Waals surface area contributed by atoms with Crippen LogP contribution in [-0.4, -0.2) is 6.54 Å². The first-order chi connectivity index (χ1) is 9.19. The van der Waals surface area contributed by atoms with Crippen LogP contribution in [0.2, 0.25) is 5.02 Å². The van der Waals surface area contributed by atoms with Crippen LogP contribution in [0, 0.1) is 5.82 Å². The summed E-state index contributed by atoms with van der Waals surface area (Å²) in [6, 6.07) is 12.6. The number of hydrogen-bond donors (Lipinski definition) is 1. The van der Waals surface area contributed by atoms with Gasteiger partial charge >= 0.3 is 0 Å². The van der Waals surface area contributed by atoms with Crippen molar-refractivity contribution in [2.45, 2.75) is 23.3 Å². The standard InChI is InChI=1S/C15H15ClFNS/c1-2-18-10-11-7-12(17)9-13(8-11)19-15-6-4-3-5-14(15)16/h3-9,18H,2,10H2,1H3. The second kappa shape index (κ2) is 6.94. The zero-order valence-corrected chi connectivity index (χ0v) is 12.2. The van der Waals surface area contributed by atoms with Gasteiger partial charge in [0.2, 0.25) is 0 Å². The molecule has 0 aliphatic heterocycles. The van der Waals surface area contributed by atoms with E-state index in [2.05, 4.69) is 5.32 Å². The fourth-order valence-electron chi connectivity index (χ4n) is 1.71. The number of hydrogen-bond acceptors (Lipinski definition) is 2. The molecule has 0 aliphatic rings. The largest absolute Gasteiger partial charge is 0.313 e. The summed E-state index contributed by atoms with van der Waals surface area (Å²) in [6.07, 6.45) is 0. The molecule has 2 aromatic rings. The molecule has 19 heavy (non-hydrogen) atoms. The first-order valence-electron chi connectivity index (χ1n) is 6.11. The summed E-state index contributed by atoms with van der Waals surface area (Å²) in [7, 11) is 0. The van der Waals surface area contributed by atoms with E-state index in [1.54, 1.807) is 6.07 Å². The molecule has 0 radical (unpaired) electrons. The molecule has 0 atom stereocenters. The van der Waals surface area contributed by atoms with Crippen LogP contribution in [0.5, 0.6) is 0 Å². The fourth-order valence-corrected chi connectivity index (χ4v) is 2.90. The van der Waals surface area contributed by atoms with Crippen LogP contribution >= 0.6 is 23.4 Å². The minimum atomic E-state index is -0.218. The fraction of sp³-hybridized carbons (Fsp3) is 0.200. The van der Waals surface area contributed by atoms with Gasteiger partial charge in [0, 0.05) is 16.3 Å². The Hall–Kier alpha value is -1.03. The van der Waals surface area contributed by atoms with Crippen molar-refractivity contribution in [3.8, 4) is 0 Å². The quantitative estimate of drug-likeness (QED) is 0.855. The Balaban J connectivity index is 2.20. The third-order valence-corrected chi connectivity index (χ3v) is 4.06. The lowest BCUT2D eigenvalue weighted by molar-refractivity contribution is 0.617. The van der Waals surface area contributed by atoms with Crippen LogP contribution in [0.15, 0.2) is 52.3 Å². The Morgan fingerprint density at radius 2 is 2.00 bits per heavy atom. The molecular weight excluding hydrogens is 281 g/mol.